The van der Waals surface area contributed by atoms with E-state index in [0.717, 1.165) is 31.7 Å². The molecule has 0 saturated carbocycles. The van der Waals surface area contributed by atoms with E-state index >= 15 is 8.78 Å². The number of nitrogens with zero attached hydrogens (tertiary/aromatic N) is 5. The number of likely N-dealkylation sites (tertiary alicyclic amines) is 1. The van der Waals surface area contributed by atoms with Gasteiger partial charge in [-0.1, -0.05) is 13.8 Å². The first-order chi connectivity index (χ1) is 17.1. The molecular formula is C26H35F2N7O. The molecule has 3 fully saturated rings. The molecule has 5 rings (SSSR count). The van der Waals surface area contributed by atoms with Crippen LogP contribution in [0.4, 0.5) is 26.1 Å². The molecule has 1 amide bonds. The molecule has 36 heavy (non-hydrogen) atoms. The Kier molecular flexibility index (Phi) is 6.48. The van der Waals surface area contributed by atoms with Crippen LogP contribution in [0.15, 0.2) is 24.5 Å². The molecule has 3 N–H and O–H groups in total. The number of benzene rings is 1. The van der Waals surface area contributed by atoms with Crippen molar-refractivity contribution in [3.8, 4) is 0 Å². The van der Waals surface area contributed by atoms with Crippen LogP contribution in [0.2, 0.25) is 0 Å². The predicted molar refractivity (Wildman–Crippen MR) is 136 cm³/mol. The van der Waals surface area contributed by atoms with Crippen molar-refractivity contribution >= 4 is 23.2 Å². The van der Waals surface area contributed by atoms with Crippen molar-refractivity contribution in [3.05, 3.63) is 41.7 Å². The highest BCUT2D eigenvalue weighted by atomic mass is 19.1. The molecule has 1 spiro atoms. The zero-order valence-electron chi connectivity index (χ0n) is 21.1. The van der Waals surface area contributed by atoms with Gasteiger partial charge >= 0.3 is 0 Å². The van der Waals surface area contributed by atoms with Crippen LogP contribution in [0.1, 0.15) is 45.1 Å². The number of halogens is 2. The lowest BCUT2D eigenvalue weighted by atomic mass is 9.82. The Morgan fingerprint density at radius 3 is 2.39 bits per heavy atom. The number of anilines is 3. The number of rotatable bonds is 4. The van der Waals surface area contributed by atoms with Gasteiger partial charge in [-0.05, 0) is 50.3 Å². The highest BCUT2D eigenvalue weighted by Crippen LogP contribution is 2.34. The van der Waals surface area contributed by atoms with Crippen molar-refractivity contribution in [2.24, 2.45) is 5.41 Å². The number of piperazine rings is 1. The zero-order valence-corrected chi connectivity index (χ0v) is 21.1. The SMILES string of the molecule is CC1(C)CCN(Cc2cc(F)c(N3CC(=O)NC4(CCN(c5cc(N)ncn5)CC4)C3)cc2F)CC1. The molecule has 0 aliphatic carbocycles. The standard InChI is InChI=1S/C26H35F2N7O/c1-25(2)3-7-33(8-4-25)14-18-11-20(28)21(12-19(18)27)35-15-24(36)32-26(16-35)5-9-34(10-6-26)23-13-22(29)30-17-31-23/h11-13,17H,3-10,14-16H2,1-2H3,(H,32,36)(H2,29,30,31). The molecule has 0 radical (unpaired) electrons. The van der Waals surface area contributed by atoms with Gasteiger partial charge in [-0.25, -0.2) is 18.7 Å². The molecule has 8 nitrogen and oxygen atoms in total. The minimum Gasteiger partial charge on any atom is -0.384 e. The second-order valence-electron chi connectivity index (χ2n) is 11.3. The Hall–Kier alpha value is -3.01. The first-order valence-electron chi connectivity index (χ1n) is 12.7. The Labute approximate surface area is 210 Å². The lowest BCUT2D eigenvalue weighted by Gasteiger charge is -2.48. The smallest absolute Gasteiger partial charge is 0.240 e. The van der Waals surface area contributed by atoms with E-state index in [4.69, 9.17) is 5.73 Å². The van der Waals surface area contributed by atoms with Gasteiger partial charge in [0.25, 0.3) is 0 Å². The molecule has 0 unspecified atom stereocenters. The van der Waals surface area contributed by atoms with E-state index in [2.05, 4.69) is 38.9 Å². The number of amides is 1. The van der Waals surface area contributed by atoms with E-state index in [1.54, 1.807) is 11.0 Å². The van der Waals surface area contributed by atoms with Crippen molar-refractivity contribution in [2.75, 3.05) is 54.8 Å². The lowest BCUT2D eigenvalue weighted by molar-refractivity contribution is -0.123. The number of hydrogen-bond donors (Lipinski definition) is 2. The van der Waals surface area contributed by atoms with E-state index in [1.165, 1.54) is 18.5 Å². The van der Waals surface area contributed by atoms with Crippen molar-refractivity contribution in [3.63, 3.8) is 0 Å². The van der Waals surface area contributed by atoms with Crippen LogP contribution in [-0.4, -0.2) is 65.6 Å². The summed E-state index contributed by atoms with van der Waals surface area (Å²) in [6.07, 6.45) is 4.84. The van der Waals surface area contributed by atoms with Crippen LogP contribution in [-0.2, 0) is 11.3 Å². The Balaban J connectivity index is 1.28. The number of nitrogens with two attached hydrogens (primary N) is 1. The average Bonchev–Trinajstić information content (AvgIpc) is 2.82. The van der Waals surface area contributed by atoms with Crippen molar-refractivity contribution in [1.29, 1.82) is 0 Å². The van der Waals surface area contributed by atoms with Gasteiger partial charge in [0.15, 0.2) is 0 Å². The van der Waals surface area contributed by atoms with Crippen LogP contribution >= 0.6 is 0 Å². The summed E-state index contributed by atoms with van der Waals surface area (Å²) in [5.41, 5.74) is 6.10. The van der Waals surface area contributed by atoms with E-state index in [1.807, 2.05) is 0 Å². The molecule has 194 valence electrons. The van der Waals surface area contributed by atoms with E-state index < -0.39 is 17.2 Å². The van der Waals surface area contributed by atoms with Gasteiger partial charge in [0, 0.05) is 43.9 Å². The number of aromatic nitrogens is 2. The third kappa shape index (κ3) is 5.23. The third-order valence-electron chi connectivity index (χ3n) is 8.01. The number of nitrogens with one attached hydrogen (secondary N) is 1. The molecule has 10 heteroatoms. The van der Waals surface area contributed by atoms with Crippen molar-refractivity contribution in [2.45, 2.75) is 51.6 Å². The largest absolute Gasteiger partial charge is 0.384 e. The summed E-state index contributed by atoms with van der Waals surface area (Å²) in [5, 5.41) is 3.13. The van der Waals surface area contributed by atoms with Gasteiger partial charge in [-0.15, -0.1) is 0 Å². The fraction of sp³-hybridized carbons (Fsp3) is 0.577. The number of hydrogen-bond acceptors (Lipinski definition) is 7. The summed E-state index contributed by atoms with van der Waals surface area (Å²) in [5.74, 6) is 0.0653. The first kappa shape index (κ1) is 24.7. The van der Waals surface area contributed by atoms with Gasteiger partial charge in [0.2, 0.25) is 5.91 Å². The van der Waals surface area contributed by atoms with Crippen LogP contribution in [0.3, 0.4) is 0 Å². The van der Waals surface area contributed by atoms with Gasteiger partial charge in [-0.2, -0.15) is 0 Å². The number of carbonyl (C=O) groups excluding carboxylic acids is 1. The summed E-state index contributed by atoms with van der Waals surface area (Å²) < 4.78 is 30.4. The molecule has 4 heterocycles. The Bertz CT molecular complexity index is 1120. The minimum absolute atomic E-state index is 0.00478. The summed E-state index contributed by atoms with van der Waals surface area (Å²) in [4.78, 5) is 26.9. The maximum Gasteiger partial charge on any atom is 0.240 e. The molecule has 3 aliphatic heterocycles. The zero-order chi connectivity index (χ0) is 25.5. The van der Waals surface area contributed by atoms with Gasteiger partial charge in [0.05, 0.1) is 17.8 Å². The average molecular weight is 500 g/mol. The number of carbonyl (C=O) groups is 1. The quantitative estimate of drug-likeness (QED) is 0.669. The second-order valence-corrected chi connectivity index (χ2v) is 11.3. The van der Waals surface area contributed by atoms with Gasteiger partial charge < -0.3 is 20.9 Å². The van der Waals surface area contributed by atoms with Gasteiger partial charge in [0.1, 0.15) is 29.6 Å². The highest BCUT2D eigenvalue weighted by Gasteiger charge is 2.42. The number of piperidine rings is 2. The Morgan fingerprint density at radius 2 is 1.69 bits per heavy atom. The summed E-state index contributed by atoms with van der Waals surface area (Å²) in [7, 11) is 0. The van der Waals surface area contributed by atoms with Crippen molar-refractivity contribution in [1.82, 2.24) is 20.2 Å². The molecule has 0 atom stereocenters. The summed E-state index contributed by atoms with van der Waals surface area (Å²) in [6.45, 7) is 8.40. The predicted octanol–water partition coefficient (Wildman–Crippen LogP) is 2.93. The third-order valence-corrected chi connectivity index (χ3v) is 8.01. The summed E-state index contributed by atoms with van der Waals surface area (Å²) >= 11 is 0. The summed E-state index contributed by atoms with van der Waals surface area (Å²) in [6, 6.07) is 4.31. The van der Waals surface area contributed by atoms with Crippen LogP contribution in [0.5, 0.6) is 0 Å². The lowest BCUT2D eigenvalue weighted by Crippen LogP contribution is -2.66. The monoisotopic (exact) mass is 499 g/mol. The molecule has 1 aromatic heterocycles. The molecule has 0 bridgehead atoms. The Morgan fingerprint density at radius 1 is 0.972 bits per heavy atom. The molecule has 2 aromatic rings. The van der Waals surface area contributed by atoms with Crippen LogP contribution < -0.4 is 20.9 Å². The number of nitrogen functional groups attached to an aromatic ring is 1. The fourth-order valence-electron chi connectivity index (χ4n) is 5.62. The van der Waals surface area contributed by atoms with E-state index in [-0.39, 0.29) is 18.1 Å². The van der Waals surface area contributed by atoms with Gasteiger partial charge in [-0.3, -0.25) is 9.69 Å². The normalized spacial score (nSPS) is 22.1. The molecule has 3 saturated heterocycles. The van der Waals surface area contributed by atoms with Crippen molar-refractivity contribution < 1.29 is 13.6 Å². The molecule has 1 aromatic carbocycles. The molecule has 3 aliphatic rings. The molecular weight excluding hydrogens is 464 g/mol. The first-order valence-corrected chi connectivity index (χ1v) is 12.7. The van der Waals surface area contributed by atoms with E-state index in [0.29, 0.717) is 55.8 Å². The maximum atomic E-state index is 15.3. The maximum absolute atomic E-state index is 15.3. The highest BCUT2D eigenvalue weighted by molar-refractivity contribution is 5.84. The second kappa shape index (κ2) is 9.46. The topological polar surface area (TPSA) is 90.6 Å². The van der Waals surface area contributed by atoms with Crippen LogP contribution in [0, 0.1) is 17.0 Å². The van der Waals surface area contributed by atoms with Crippen LogP contribution in [0.25, 0.3) is 0 Å². The fourth-order valence-corrected chi connectivity index (χ4v) is 5.62. The minimum atomic E-state index is -0.507. The van der Waals surface area contributed by atoms with E-state index in [9.17, 15) is 4.79 Å².